The van der Waals surface area contributed by atoms with Crippen LogP contribution in [0.2, 0.25) is 4.34 Å². The van der Waals surface area contributed by atoms with Crippen molar-refractivity contribution in [1.82, 2.24) is 4.90 Å². The standard InChI is InChI=1S/C12H18ClNO2S/c1-4-14(6-8(2)12(15)16)9(3)10-5-11(13)17-7-10/h5,7-9H,4,6H2,1-3H3,(H,15,16). The first-order chi connectivity index (χ1) is 7.95. The average Bonchev–Trinajstić information content (AvgIpc) is 2.71. The zero-order valence-corrected chi connectivity index (χ0v) is 11.9. The molecule has 0 fully saturated rings. The Morgan fingerprint density at radius 1 is 1.59 bits per heavy atom. The Hall–Kier alpha value is -0.580. The molecule has 0 saturated carbocycles. The predicted octanol–water partition coefficient (Wildman–Crippen LogP) is 3.51. The highest BCUT2D eigenvalue weighted by Gasteiger charge is 2.20. The summed E-state index contributed by atoms with van der Waals surface area (Å²) < 4.78 is 0.772. The van der Waals surface area contributed by atoms with Crippen molar-refractivity contribution in [3.05, 3.63) is 21.3 Å². The van der Waals surface area contributed by atoms with Gasteiger partial charge in [-0.15, -0.1) is 11.3 Å². The quantitative estimate of drug-likeness (QED) is 0.864. The third-order valence-corrected chi connectivity index (χ3v) is 4.06. The summed E-state index contributed by atoms with van der Waals surface area (Å²) in [6.07, 6.45) is 0. The first-order valence-corrected chi connectivity index (χ1v) is 6.92. The fourth-order valence-corrected chi connectivity index (χ4v) is 2.72. The van der Waals surface area contributed by atoms with E-state index in [9.17, 15) is 4.79 Å². The third kappa shape index (κ3) is 3.98. The molecule has 3 nitrogen and oxygen atoms in total. The fraction of sp³-hybridized carbons (Fsp3) is 0.583. The topological polar surface area (TPSA) is 40.5 Å². The van der Waals surface area contributed by atoms with E-state index in [2.05, 4.69) is 11.8 Å². The van der Waals surface area contributed by atoms with Crippen LogP contribution in [0.15, 0.2) is 11.4 Å². The lowest BCUT2D eigenvalue weighted by atomic mass is 10.1. The van der Waals surface area contributed by atoms with E-state index in [1.807, 2.05) is 18.4 Å². The summed E-state index contributed by atoms with van der Waals surface area (Å²) >= 11 is 7.42. The van der Waals surface area contributed by atoms with E-state index in [-0.39, 0.29) is 12.0 Å². The molecule has 0 aromatic carbocycles. The maximum absolute atomic E-state index is 10.9. The summed E-state index contributed by atoms with van der Waals surface area (Å²) in [5.74, 6) is -1.11. The second-order valence-electron chi connectivity index (χ2n) is 4.19. The Kier molecular flexibility index (Phi) is 5.43. The lowest BCUT2D eigenvalue weighted by Gasteiger charge is -2.28. The number of thiophene rings is 1. The molecule has 0 amide bonds. The molecule has 0 aliphatic rings. The van der Waals surface area contributed by atoms with Crippen molar-refractivity contribution in [1.29, 1.82) is 0 Å². The van der Waals surface area contributed by atoms with Gasteiger partial charge in [0.05, 0.1) is 10.3 Å². The largest absolute Gasteiger partial charge is 0.481 e. The van der Waals surface area contributed by atoms with Gasteiger partial charge in [0.25, 0.3) is 0 Å². The van der Waals surface area contributed by atoms with Gasteiger partial charge in [0.15, 0.2) is 0 Å². The molecule has 0 aliphatic carbocycles. The van der Waals surface area contributed by atoms with E-state index in [0.29, 0.717) is 6.54 Å². The summed E-state index contributed by atoms with van der Waals surface area (Å²) in [6, 6.07) is 2.15. The van der Waals surface area contributed by atoms with E-state index >= 15 is 0 Å². The van der Waals surface area contributed by atoms with Crippen LogP contribution in [0, 0.1) is 5.92 Å². The van der Waals surface area contributed by atoms with Crippen molar-refractivity contribution in [2.45, 2.75) is 26.8 Å². The molecule has 0 spiro atoms. The van der Waals surface area contributed by atoms with Crippen LogP contribution >= 0.6 is 22.9 Å². The van der Waals surface area contributed by atoms with Crippen molar-refractivity contribution >= 4 is 28.9 Å². The zero-order chi connectivity index (χ0) is 13.0. The van der Waals surface area contributed by atoms with Crippen molar-refractivity contribution < 1.29 is 9.90 Å². The SMILES string of the molecule is CCN(CC(C)C(=O)O)C(C)c1csc(Cl)c1. The second kappa shape index (κ2) is 6.38. The summed E-state index contributed by atoms with van der Waals surface area (Å²) in [6.45, 7) is 7.24. The molecule has 2 unspecified atom stereocenters. The van der Waals surface area contributed by atoms with E-state index in [1.165, 1.54) is 11.3 Å². The molecule has 1 N–H and O–H groups in total. The van der Waals surface area contributed by atoms with Crippen LogP contribution in [-0.2, 0) is 4.79 Å². The number of nitrogens with zero attached hydrogens (tertiary/aromatic N) is 1. The summed E-state index contributed by atoms with van der Waals surface area (Å²) in [5.41, 5.74) is 1.15. The van der Waals surface area contributed by atoms with Crippen LogP contribution < -0.4 is 0 Å². The number of rotatable bonds is 6. The van der Waals surface area contributed by atoms with Gasteiger partial charge in [0, 0.05) is 12.6 Å². The lowest BCUT2D eigenvalue weighted by Crippen LogP contribution is -2.33. The fourth-order valence-electron chi connectivity index (χ4n) is 1.74. The first-order valence-electron chi connectivity index (χ1n) is 5.66. The van der Waals surface area contributed by atoms with Gasteiger partial charge in [-0.3, -0.25) is 9.69 Å². The molecule has 1 aromatic heterocycles. The molecule has 1 aromatic rings. The third-order valence-electron chi connectivity index (χ3n) is 2.95. The van der Waals surface area contributed by atoms with E-state index < -0.39 is 5.97 Å². The van der Waals surface area contributed by atoms with Crippen LogP contribution in [0.3, 0.4) is 0 Å². The number of hydrogen-bond acceptors (Lipinski definition) is 3. The number of halogens is 1. The zero-order valence-electron chi connectivity index (χ0n) is 10.3. The van der Waals surface area contributed by atoms with Gasteiger partial charge in [-0.2, -0.15) is 0 Å². The highest BCUT2D eigenvalue weighted by atomic mass is 35.5. The Bertz CT molecular complexity index is 380. The Morgan fingerprint density at radius 2 is 2.24 bits per heavy atom. The molecule has 96 valence electrons. The number of carbonyl (C=O) groups is 1. The summed E-state index contributed by atoms with van der Waals surface area (Å²) in [5, 5.41) is 11.0. The molecule has 0 bridgehead atoms. The molecular weight excluding hydrogens is 258 g/mol. The van der Waals surface area contributed by atoms with Crippen LogP contribution in [0.4, 0.5) is 0 Å². The van der Waals surface area contributed by atoms with Crippen LogP contribution in [0.5, 0.6) is 0 Å². The molecule has 0 aliphatic heterocycles. The second-order valence-corrected chi connectivity index (χ2v) is 5.73. The van der Waals surface area contributed by atoms with E-state index in [0.717, 1.165) is 16.4 Å². The number of carboxylic acid groups (broad SMARTS) is 1. The molecule has 2 atom stereocenters. The minimum atomic E-state index is -0.751. The van der Waals surface area contributed by atoms with Gasteiger partial charge in [-0.1, -0.05) is 25.4 Å². The van der Waals surface area contributed by atoms with E-state index in [1.54, 1.807) is 6.92 Å². The predicted molar refractivity (Wildman–Crippen MR) is 71.8 cm³/mol. The minimum absolute atomic E-state index is 0.200. The molecule has 17 heavy (non-hydrogen) atoms. The maximum Gasteiger partial charge on any atom is 0.307 e. The molecule has 0 saturated heterocycles. The van der Waals surface area contributed by atoms with Crippen LogP contribution in [0.1, 0.15) is 32.4 Å². The molecule has 1 rings (SSSR count). The Labute approximate surface area is 111 Å². The van der Waals surface area contributed by atoms with Gasteiger partial charge < -0.3 is 5.11 Å². The number of hydrogen-bond donors (Lipinski definition) is 1. The van der Waals surface area contributed by atoms with Crippen LogP contribution in [0.25, 0.3) is 0 Å². The lowest BCUT2D eigenvalue weighted by molar-refractivity contribution is -0.141. The van der Waals surface area contributed by atoms with Crippen molar-refractivity contribution in [2.24, 2.45) is 5.92 Å². The van der Waals surface area contributed by atoms with Gasteiger partial charge in [0.2, 0.25) is 0 Å². The van der Waals surface area contributed by atoms with Gasteiger partial charge in [0.1, 0.15) is 0 Å². The average molecular weight is 276 g/mol. The van der Waals surface area contributed by atoms with E-state index in [4.69, 9.17) is 16.7 Å². The highest BCUT2D eigenvalue weighted by Crippen LogP contribution is 2.28. The highest BCUT2D eigenvalue weighted by molar-refractivity contribution is 7.14. The smallest absolute Gasteiger partial charge is 0.307 e. The Balaban J connectivity index is 2.70. The molecule has 0 radical (unpaired) electrons. The van der Waals surface area contributed by atoms with Crippen molar-refractivity contribution in [3.63, 3.8) is 0 Å². The first kappa shape index (κ1) is 14.5. The maximum atomic E-state index is 10.9. The molecule has 1 heterocycles. The van der Waals surface area contributed by atoms with Crippen LogP contribution in [-0.4, -0.2) is 29.1 Å². The molecular formula is C12H18ClNO2S. The van der Waals surface area contributed by atoms with Gasteiger partial charge in [-0.25, -0.2) is 0 Å². The van der Waals surface area contributed by atoms with Crippen molar-refractivity contribution in [2.75, 3.05) is 13.1 Å². The van der Waals surface area contributed by atoms with Gasteiger partial charge >= 0.3 is 5.97 Å². The monoisotopic (exact) mass is 275 g/mol. The summed E-state index contributed by atoms with van der Waals surface area (Å²) in [4.78, 5) is 13.0. The van der Waals surface area contributed by atoms with Crippen molar-refractivity contribution in [3.8, 4) is 0 Å². The summed E-state index contributed by atoms with van der Waals surface area (Å²) in [7, 11) is 0. The normalized spacial score (nSPS) is 14.9. The number of aliphatic carboxylic acids is 1. The van der Waals surface area contributed by atoms with Gasteiger partial charge in [-0.05, 0) is 30.5 Å². The number of carboxylic acids is 1. The Morgan fingerprint density at radius 3 is 2.65 bits per heavy atom. The minimum Gasteiger partial charge on any atom is -0.481 e. The molecule has 5 heteroatoms.